The van der Waals surface area contributed by atoms with Crippen LogP contribution in [-0.4, -0.2) is 23.2 Å². The fourth-order valence-corrected chi connectivity index (χ4v) is 2.21. The van der Waals surface area contributed by atoms with E-state index in [1.807, 2.05) is 6.92 Å². The Morgan fingerprint density at radius 3 is 2.85 bits per heavy atom. The number of aliphatic hydroxyl groups is 1. The average Bonchev–Trinajstić information content (AvgIpc) is 2.75. The smallest absolute Gasteiger partial charge is 0.223 e. The molecule has 3 heteroatoms. The molecule has 0 radical (unpaired) electrons. The van der Waals surface area contributed by atoms with Gasteiger partial charge in [-0.15, -0.1) is 0 Å². The predicted octanol–water partition coefficient (Wildman–Crippen LogP) is 0.674. The standard InChI is InChI=1S/C10H17NO2/c1-7(6-12)4-8-5-10(2-3-10)11-9(8)13/h7-8,12H,2-6H2,1H3,(H,11,13)/t7-,8+/m0/s1. The van der Waals surface area contributed by atoms with E-state index in [0.717, 1.165) is 25.7 Å². The highest BCUT2D eigenvalue weighted by molar-refractivity contribution is 5.82. The number of carbonyl (C=O) groups excluding carboxylic acids is 1. The summed E-state index contributed by atoms with van der Waals surface area (Å²) in [7, 11) is 0. The van der Waals surface area contributed by atoms with E-state index in [0.29, 0.717) is 0 Å². The van der Waals surface area contributed by atoms with Gasteiger partial charge in [0.05, 0.1) is 0 Å². The molecule has 2 fully saturated rings. The third-order valence-corrected chi connectivity index (χ3v) is 3.25. The second-order valence-corrected chi connectivity index (χ2v) is 4.69. The van der Waals surface area contributed by atoms with E-state index in [1.165, 1.54) is 0 Å². The first kappa shape index (κ1) is 9.00. The molecule has 0 aromatic rings. The minimum Gasteiger partial charge on any atom is -0.396 e. The number of rotatable bonds is 3. The zero-order valence-corrected chi connectivity index (χ0v) is 8.05. The molecule has 1 heterocycles. The van der Waals surface area contributed by atoms with Crippen LogP contribution in [0.1, 0.15) is 32.6 Å². The van der Waals surface area contributed by atoms with Crippen LogP contribution in [0.4, 0.5) is 0 Å². The highest BCUT2D eigenvalue weighted by Gasteiger charge is 2.52. The van der Waals surface area contributed by atoms with E-state index in [4.69, 9.17) is 5.11 Å². The Morgan fingerprint density at radius 2 is 2.38 bits per heavy atom. The molecule has 2 N–H and O–H groups in total. The van der Waals surface area contributed by atoms with Crippen LogP contribution in [0.25, 0.3) is 0 Å². The molecule has 1 amide bonds. The molecule has 2 aliphatic rings. The molecule has 1 aliphatic heterocycles. The topological polar surface area (TPSA) is 49.3 Å². The van der Waals surface area contributed by atoms with Crippen molar-refractivity contribution < 1.29 is 9.90 Å². The molecule has 3 nitrogen and oxygen atoms in total. The number of hydrogen-bond acceptors (Lipinski definition) is 2. The SMILES string of the molecule is C[C@H](CO)C[C@@H]1CC2(CC2)NC1=O. The predicted molar refractivity (Wildman–Crippen MR) is 49.1 cm³/mol. The maximum Gasteiger partial charge on any atom is 0.223 e. The Hall–Kier alpha value is -0.570. The normalized spacial score (nSPS) is 31.8. The summed E-state index contributed by atoms with van der Waals surface area (Å²) in [4.78, 5) is 11.5. The van der Waals surface area contributed by atoms with Gasteiger partial charge in [0.1, 0.15) is 0 Å². The number of carbonyl (C=O) groups is 1. The monoisotopic (exact) mass is 183 g/mol. The van der Waals surface area contributed by atoms with Crippen LogP contribution in [-0.2, 0) is 4.79 Å². The maximum absolute atomic E-state index is 11.5. The lowest BCUT2D eigenvalue weighted by Gasteiger charge is -2.11. The van der Waals surface area contributed by atoms with Crippen LogP contribution in [0, 0.1) is 11.8 Å². The van der Waals surface area contributed by atoms with Crippen molar-refractivity contribution in [3.05, 3.63) is 0 Å². The van der Waals surface area contributed by atoms with Crippen LogP contribution in [0.3, 0.4) is 0 Å². The quantitative estimate of drug-likeness (QED) is 0.675. The van der Waals surface area contributed by atoms with E-state index in [9.17, 15) is 4.79 Å². The zero-order valence-electron chi connectivity index (χ0n) is 8.05. The second-order valence-electron chi connectivity index (χ2n) is 4.69. The Labute approximate surface area is 78.5 Å². The molecule has 1 aliphatic carbocycles. The van der Waals surface area contributed by atoms with Crippen molar-refractivity contribution in [1.82, 2.24) is 5.32 Å². The van der Waals surface area contributed by atoms with Crippen LogP contribution < -0.4 is 5.32 Å². The molecular formula is C10H17NO2. The molecule has 13 heavy (non-hydrogen) atoms. The largest absolute Gasteiger partial charge is 0.396 e. The van der Waals surface area contributed by atoms with Gasteiger partial charge >= 0.3 is 0 Å². The summed E-state index contributed by atoms with van der Waals surface area (Å²) in [5.41, 5.74) is 0.191. The first-order chi connectivity index (χ1) is 6.15. The Balaban J connectivity index is 1.90. The summed E-state index contributed by atoms with van der Waals surface area (Å²) in [5.74, 6) is 0.618. The van der Waals surface area contributed by atoms with E-state index < -0.39 is 0 Å². The summed E-state index contributed by atoms with van der Waals surface area (Å²) in [6, 6.07) is 0. The van der Waals surface area contributed by atoms with E-state index in [1.54, 1.807) is 0 Å². The van der Waals surface area contributed by atoms with Crippen molar-refractivity contribution in [3.63, 3.8) is 0 Å². The van der Waals surface area contributed by atoms with Crippen molar-refractivity contribution in [2.45, 2.75) is 38.1 Å². The van der Waals surface area contributed by atoms with Crippen molar-refractivity contribution in [2.75, 3.05) is 6.61 Å². The molecule has 2 rings (SSSR count). The first-order valence-electron chi connectivity index (χ1n) is 5.08. The van der Waals surface area contributed by atoms with Gasteiger partial charge in [-0.1, -0.05) is 6.92 Å². The molecule has 0 aromatic heterocycles. The van der Waals surface area contributed by atoms with Crippen molar-refractivity contribution in [2.24, 2.45) is 11.8 Å². The van der Waals surface area contributed by atoms with Gasteiger partial charge in [-0.2, -0.15) is 0 Å². The van der Waals surface area contributed by atoms with Gasteiger partial charge in [-0.05, 0) is 31.6 Å². The summed E-state index contributed by atoms with van der Waals surface area (Å²) in [6.45, 7) is 2.18. The molecule has 2 atom stereocenters. The summed E-state index contributed by atoms with van der Waals surface area (Å²) in [5, 5.41) is 12.0. The minimum absolute atomic E-state index is 0.157. The molecule has 74 valence electrons. The molecule has 1 saturated heterocycles. The molecule has 0 unspecified atom stereocenters. The van der Waals surface area contributed by atoms with Crippen molar-refractivity contribution >= 4 is 5.91 Å². The zero-order chi connectivity index (χ0) is 9.47. The summed E-state index contributed by atoms with van der Waals surface area (Å²) < 4.78 is 0. The molecular weight excluding hydrogens is 166 g/mol. The Kier molecular flexibility index (Phi) is 2.06. The van der Waals surface area contributed by atoms with Gasteiger partial charge in [0.25, 0.3) is 0 Å². The highest BCUT2D eigenvalue weighted by Crippen LogP contribution is 2.46. The fraction of sp³-hybridized carbons (Fsp3) is 0.900. The molecule has 0 aromatic carbocycles. The molecule has 1 saturated carbocycles. The third kappa shape index (κ3) is 1.70. The maximum atomic E-state index is 11.5. The lowest BCUT2D eigenvalue weighted by molar-refractivity contribution is -0.123. The minimum atomic E-state index is 0.157. The number of nitrogens with one attached hydrogen (secondary N) is 1. The lowest BCUT2D eigenvalue weighted by Crippen LogP contribution is -2.27. The number of amides is 1. The lowest BCUT2D eigenvalue weighted by atomic mass is 9.93. The van der Waals surface area contributed by atoms with E-state index in [2.05, 4.69) is 5.32 Å². The van der Waals surface area contributed by atoms with Crippen LogP contribution in [0.5, 0.6) is 0 Å². The van der Waals surface area contributed by atoms with E-state index in [-0.39, 0.29) is 29.9 Å². The summed E-state index contributed by atoms with van der Waals surface area (Å²) in [6.07, 6.45) is 4.14. The van der Waals surface area contributed by atoms with Crippen LogP contribution >= 0.6 is 0 Å². The number of aliphatic hydroxyl groups excluding tert-OH is 1. The van der Waals surface area contributed by atoms with Gasteiger partial charge in [0.15, 0.2) is 0 Å². The second kappa shape index (κ2) is 2.98. The van der Waals surface area contributed by atoms with Gasteiger partial charge < -0.3 is 10.4 Å². The van der Waals surface area contributed by atoms with Crippen LogP contribution in [0.15, 0.2) is 0 Å². The molecule has 0 bridgehead atoms. The average molecular weight is 183 g/mol. The van der Waals surface area contributed by atoms with Crippen molar-refractivity contribution in [3.8, 4) is 0 Å². The van der Waals surface area contributed by atoms with Gasteiger partial charge in [0, 0.05) is 18.1 Å². The van der Waals surface area contributed by atoms with Crippen molar-refractivity contribution in [1.29, 1.82) is 0 Å². The fourth-order valence-electron chi connectivity index (χ4n) is 2.21. The third-order valence-electron chi connectivity index (χ3n) is 3.25. The number of hydrogen-bond donors (Lipinski definition) is 2. The Bertz CT molecular complexity index is 223. The summed E-state index contributed by atoms with van der Waals surface area (Å²) >= 11 is 0. The highest BCUT2D eigenvalue weighted by atomic mass is 16.3. The van der Waals surface area contributed by atoms with Gasteiger partial charge in [-0.3, -0.25) is 4.79 Å². The van der Waals surface area contributed by atoms with E-state index >= 15 is 0 Å². The van der Waals surface area contributed by atoms with Gasteiger partial charge in [-0.25, -0.2) is 0 Å². The first-order valence-corrected chi connectivity index (χ1v) is 5.08. The van der Waals surface area contributed by atoms with Gasteiger partial charge in [0.2, 0.25) is 5.91 Å². The Morgan fingerprint density at radius 1 is 1.69 bits per heavy atom. The molecule has 1 spiro atoms. The van der Waals surface area contributed by atoms with Crippen LogP contribution in [0.2, 0.25) is 0 Å².